The summed E-state index contributed by atoms with van der Waals surface area (Å²) in [6.07, 6.45) is 4.70. The molecule has 0 bridgehead atoms. The Morgan fingerprint density at radius 1 is 1.47 bits per heavy atom. The number of likely N-dealkylation sites (tertiary alicyclic amines) is 1. The molecule has 0 radical (unpaired) electrons. The monoisotopic (exact) mass is 273 g/mol. The number of carbonyl (C=O) groups excluding carboxylic acids is 1. The fraction of sp³-hybridized carbons (Fsp3) is 0.727. The summed E-state index contributed by atoms with van der Waals surface area (Å²) < 4.78 is 0.328. The number of carbonyl (C=O) groups is 1. The number of hydrogen-bond donors (Lipinski definition) is 0. The van der Waals surface area contributed by atoms with Crippen LogP contribution in [0.2, 0.25) is 4.47 Å². The van der Waals surface area contributed by atoms with Crippen LogP contribution in [0.4, 0.5) is 0 Å². The molecule has 1 aromatic heterocycles. The van der Waals surface area contributed by atoms with Gasteiger partial charge >= 0.3 is 0 Å². The summed E-state index contributed by atoms with van der Waals surface area (Å²) in [5.41, 5.74) is 0. The summed E-state index contributed by atoms with van der Waals surface area (Å²) in [6.45, 7) is 3.88. The molecule has 1 saturated heterocycles. The lowest BCUT2D eigenvalue weighted by Crippen LogP contribution is -2.38. The minimum atomic E-state index is -0.0238. The highest BCUT2D eigenvalue weighted by Crippen LogP contribution is 2.24. The van der Waals surface area contributed by atoms with Crippen LogP contribution in [0.3, 0.4) is 0 Å². The lowest BCUT2D eigenvalue weighted by molar-refractivity contribution is 0.0685. The van der Waals surface area contributed by atoms with E-state index in [1.165, 1.54) is 12.8 Å². The zero-order valence-corrected chi connectivity index (χ0v) is 11.4. The highest BCUT2D eigenvalue weighted by molar-refractivity contribution is 7.17. The zero-order valence-electron chi connectivity index (χ0n) is 9.86. The first kappa shape index (κ1) is 12.8. The first-order valence-corrected chi connectivity index (χ1v) is 7.18. The molecule has 2 rings (SSSR count). The Hall–Kier alpha value is -0.680. The van der Waals surface area contributed by atoms with Gasteiger partial charge < -0.3 is 4.90 Å². The van der Waals surface area contributed by atoms with Crippen molar-refractivity contribution in [3.05, 3.63) is 9.47 Å². The van der Waals surface area contributed by atoms with Crippen LogP contribution < -0.4 is 0 Å². The molecule has 0 aliphatic carbocycles. The van der Waals surface area contributed by atoms with E-state index < -0.39 is 0 Å². The number of rotatable bonds is 3. The summed E-state index contributed by atoms with van der Waals surface area (Å²) in [6, 6.07) is 0. The third-order valence-electron chi connectivity index (χ3n) is 3.18. The van der Waals surface area contributed by atoms with Crippen LogP contribution in [-0.4, -0.2) is 34.1 Å². The zero-order chi connectivity index (χ0) is 12.3. The Labute approximate surface area is 110 Å². The predicted octanol–water partition coefficient (Wildman–Crippen LogP) is 2.84. The van der Waals surface area contributed by atoms with Gasteiger partial charge in [-0.3, -0.25) is 4.79 Å². The third-order valence-corrected chi connectivity index (χ3v) is 4.19. The molecule has 2 heterocycles. The average molecular weight is 274 g/mol. The van der Waals surface area contributed by atoms with E-state index in [0.717, 1.165) is 43.2 Å². The molecule has 0 spiro atoms. The van der Waals surface area contributed by atoms with Gasteiger partial charge in [-0.15, -0.1) is 10.2 Å². The van der Waals surface area contributed by atoms with Crippen LogP contribution in [0.1, 0.15) is 42.4 Å². The van der Waals surface area contributed by atoms with E-state index in [1.54, 1.807) is 0 Å². The third kappa shape index (κ3) is 3.16. The molecule has 4 nitrogen and oxygen atoms in total. The van der Waals surface area contributed by atoms with Crippen LogP contribution in [0.15, 0.2) is 0 Å². The van der Waals surface area contributed by atoms with Crippen LogP contribution >= 0.6 is 22.9 Å². The van der Waals surface area contributed by atoms with Crippen molar-refractivity contribution >= 4 is 28.8 Å². The molecule has 6 heteroatoms. The van der Waals surface area contributed by atoms with Crippen LogP contribution in [-0.2, 0) is 0 Å². The Morgan fingerprint density at radius 2 is 2.18 bits per heavy atom. The molecule has 1 aliphatic heterocycles. The lowest BCUT2D eigenvalue weighted by Gasteiger charge is -2.31. The quantitative estimate of drug-likeness (QED) is 0.851. The van der Waals surface area contributed by atoms with Gasteiger partial charge in [0, 0.05) is 13.1 Å². The summed E-state index contributed by atoms with van der Waals surface area (Å²) in [5, 5.41) is 7.86. The van der Waals surface area contributed by atoms with Gasteiger partial charge in [0.25, 0.3) is 5.91 Å². The molecule has 0 atom stereocenters. The number of hydrogen-bond acceptors (Lipinski definition) is 4. The van der Waals surface area contributed by atoms with Gasteiger partial charge in [-0.1, -0.05) is 31.1 Å². The molecule has 0 saturated carbocycles. The summed E-state index contributed by atoms with van der Waals surface area (Å²) in [7, 11) is 0. The Bertz CT molecular complexity index is 388. The van der Waals surface area contributed by atoms with Crippen molar-refractivity contribution in [1.29, 1.82) is 0 Å². The van der Waals surface area contributed by atoms with E-state index in [2.05, 4.69) is 17.1 Å². The van der Waals surface area contributed by atoms with Gasteiger partial charge in [0.05, 0.1) is 0 Å². The van der Waals surface area contributed by atoms with Crippen molar-refractivity contribution in [2.75, 3.05) is 13.1 Å². The molecule has 94 valence electrons. The summed E-state index contributed by atoms with van der Waals surface area (Å²) in [5.74, 6) is 0.756. The maximum Gasteiger partial charge on any atom is 0.284 e. The predicted molar refractivity (Wildman–Crippen MR) is 68.5 cm³/mol. The Kier molecular flexibility index (Phi) is 4.34. The van der Waals surface area contributed by atoms with Crippen molar-refractivity contribution in [1.82, 2.24) is 15.1 Å². The smallest absolute Gasteiger partial charge is 0.284 e. The molecule has 17 heavy (non-hydrogen) atoms. The SMILES string of the molecule is CCCC1CCN(C(=O)c2nnc(Cl)s2)CC1. The van der Waals surface area contributed by atoms with E-state index in [-0.39, 0.29) is 5.91 Å². The second-order valence-electron chi connectivity index (χ2n) is 4.38. The maximum atomic E-state index is 12.1. The minimum absolute atomic E-state index is 0.0238. The molecule has 1 aromatic rings. The highest BCUT2D eigenvalue weighted by Gasteiger charge is 2.25. The van der Waals surface area contributed by atoms with Gasteiger partial charge in [-0.2, -0.15) is 0 Å². The van der Waals surface area contributed by atoms with Gasteiger partial charge in [0.1, 0.15) is 0 Å². The fourth-order valence-corrected chi connectivity index (χ4v) is 3.06. The Balaban J connectivity index is 1.90. The fourth-order valence-electron chi connectivity index (χ4n) is 2.26. The largest absolute Gasteiger partial charge is 0.337 e. The average Bonchev–Trinajstić information content (AvgIpc) is 2.76. The van der Waals surface area contributed by atoms with E-state index in [0.29, 0.717) is 9.47 Å². The molecule has 1 aliphatic rings. The highest BCUT2D eigenvalue weighted by atomic mass is 35.5. The molecular weight excluding hydrogens is 258 g/mol. The molecule has 1 amide bonds. The van der Waals surface area contributed by atoms with E-state index in [1.807, 2.05) is 4.90 Å². The van der Waals surface area contributed by atoms with Crippen molar-refractivity contribution in [3.8, 4) is 0 Å². The number of aromatic nitrogens is 2. The second-order valence-corrected chi connectivity index (χ2v) is 5.94. The number of halogens is 1. The van der Waals surface area contributed by atoms with Gasteiger partial charge in [0.15, 0.2) is 0 Å². The molecule has 0 unspecified atom stereocenters. The molecule has 1 fully saturated rings. The first-order valence-electron chi connectivity index (χ1n) is 5.99. The molecule has 0 aromatic carbocycles. The second kappa shape index (κ2) is 5.78. The van der Waals surface area contributed by atoms with Crippen molar-refractivity contribution in [2.45, 2.75) is 32.6 Å². The van der Waals surface area contributed by atoms with E-state index in [4.69, 9.17) is 11.6 Å². The topological polar surface area (TPSA) is 46.1 Å². The normalized spacial score (nSPS) is 17.4. The van der Waals surface area contributed by atoms with E-state index in [9.17, 15) is 4.79 Å². The molecular formula is C11H16ClN3OS. The minimum Gasteiger partial charge on any atom is -0.337 e. The number of piperidine rings is 1. The van der Waals surface area contributed by atoms with Crippen molar-refractivity contribution < 1.29 is 4.79 Å². The maximum absolute atomic E-state index is 12.1. The van der Waals surface area contributed by atoms with Crippen molar-refractivity contribution in [2.24, 2.45) is 5.92 Å². The van der Waals surface area contributed by atoms with E-state index >= 15 is 0 Å². The van der Waals surface area contributed by atoms with Gasteiger partial charge in [-0.25, -0.2) is 0 Å². The molecule has 0 N–H and O–H groups in total. The van der Waals surface area contributed by atoms with Crippen LogP contribution in [0, 0.1) is 5.92 Å². The van der Waals surface area contributed by atoms with Crippen LogP contribution in [0.5, 0.6) is 0 Å². The van der Waals surface area contributed by atoms with Crippen LogP contribution in [0.25, 0.3) is 0 Å². The van der Waals surface area contributed by atoms with Gasteiger partial charge in [0.2, 0.25) is 9.47 Å². The number of nitrogens with zero attached hydrogens (tertiary/aromatic N) is 3. The van der Waals surface area contributed by atoms with Crippen molar-refractivity contribution in [3.63, 3.8) is 0 Å². The van der Waals surface area contributed by atoms with Gasteiger partial charge in [-0.05, 0) is 30.4 Å². The Morgan fingerprint density at radius 3 is 2.71 bits per heavy atom. The summed E-state index contributed by atoms with van der Waals surface area (Å²) >= 11 is 6.83. The lowest BCUT2D eigenvalue weighted by atomic mass is 9.92. The standard InChI is InChI=1S/C11H16ClN3OS/c1-2-3-8-4-6-15(7-5-8)10(16)9-13-14-11(12)17-9/h8H,2-7H2,1H3. The first-order chi connectivity index (χ1) is 8.20. The summed E-state index contributed by atoms with van der Waals surface area (Å²) in [4.78, 5) is 13.9. The number of amides is 1.